The fraction of sp³-hybridized carbons (Fsp3) is 0.500. The maximum atomic E-state index is 8.94. The average molecular weight is 322 g/mol. The number of aliphatic hydroxyl groups excluding tert-OH is 1. The smallest absolute Gasteiger partial charge is 0.226 e. The molecule has 1 aliphatic rings. The molecule has 1 fully saturated rings. The van der Waals surface area contributed by atoms with Crippen molar-refractivity contribution in [1.29, 1.82) is 0 Å². The third-order valence-electron chi connectivity index (χ3n) is 3.44. The van der Waals surface area contributed by atoms with Crippen LogP contribution in [-0.4, -0.2) is 57.8 Å². The van der Waals surface area contributed by atoms with Crippen molar-refractivity contribution in [2.75, 3.05) is 37.8 Å². The Morgan fingerprint density at radius 3 is 2.77 bits per heavy atom. The molecule has 2 aromatic heterocycles. The largest absolute Gasteiger partial charge is 0.384 e. The van der Waals surface area contributed by atoms with E-state index in [4.69, 9.17) is 21.4 Å². The van der Waals surface area contributed by atoms with Crippen LogP contribution in [0, 0.1) is 11.8 Å². The van der Waals surface area contributed by atoms with E-state index in [9.17, 15) is 0 Å². The van der Waals surface area contributed by atoms with Crippen molar-refractivity contribution in [2.45, 2.75) is 13.5 Å². The molecule has 0 bridgehead atoms. The minimum Gasteiger partial charge on any atom is -0.384 e. The normalized spacial score (nSPS) is 15.0. The van der Waals surface area contributed by atoms with Gasteiger partial charge in [-0.1, -0.05) is 5.92 Å². The van der Waals surface area contributed by atoms with Gasteiger partial charge in [0.1, 0.15) is 18.1 Å². The lowest BCUT2D eigenvalue weighted by Gasteiger charge is -2.28. The molecule has 0 unspecified atom stereocenters. The molecule has 0 saturated carbocycles. The van der Waals surface area contributed by atoms with Crippen molar-refractivity contribution in [1.82, 2.24) is 19.7 Å². The average Bonchev–Trinajstić information content (AvgIpc) is 2.90. The second-order valence-corrected chi connectivity index (χ2v) is 5.08. The molecule has 0 spiro atoms. The number of rotatable bonds is 2. The second-order valence-electron chi connectivity index (χ2n) is 4.74. The number of anilines is 1. The van der Waals surface area contributed by atoms with Crippen molar-refractivity contribution in [2.24, 2.45) is 0 Å². The van der Waals surface area contributed by atoms with Crippen LogP contribution in [0.25, 0.3) is 11.0 Å². The summed E-state index contributed by atoms with van der Waals surface area (Å²) in [5.74, 6) is 6.24. The molecule has 1 aliphatic heterocycles. The van der Waals surface area contributed by atoms with Gasteiger partial charge in [-0.25, -0.2) is 4.68 Å². The van der Waals surface area contributed by atoms with Crippen LogP contribution in [0.15, 0.2) is 0 Å². The second kappa shape index (κ2) is 6.48. The zero-order valence-electron chi connectivity index (χ0n) is 12.2. The molecule has 1 N–H and O–H groups in total. The van der Waals surface area contributed by atoms with E-state index < -0.39 is 0 Å². The number of halogens is 1. The summed E-state index contributed by atoms with van der Waals surface area (Å²) in [6.45, 7) is 5.14. The summed E-state index contributed by atoms with van der Waals surface area (Å²) in [5.41, 5.74) is 1.22. The quantitative estimate of drug-likeness (QED) is 0.647. The Bertz CT molecular complexity index is 743. The standard InChI is InChI=1S/C14H16ClN5O2/c1-2-20-13-11(10(18-20)4-3-7-21)12(16-14(15)17-13)19-5-8-22-9-6-19/h21H,2,5-9H2,1H3. The van der Waals surface area contributed by atoms with E-state index in [0.717, 1.165) is 24.3 Å². The van der Waals surface area contributed by atoms with Gasteiger partial charge in [-0.15, -0.1) is 0 Å². The number of aryl methyl sites for hydroxylation is 1. The molecule has 3 rings (SSSR count). The fourth-order valence-electron chi connectivity index (χ4n) is 2.46. The van der Waals surface area contributed by atoms with Gasteiger partial charge in [0.25, 0.3) is 0 Å². The zero-order chi connectivity index (χ0) is 15.5. The molecule has 0 aromatic carbocycles. The first kappa shape index (κ1) is 15.0. The highest BCUT2D eigenvalue weighted by molar-refractivity contribution is 6.28. The molecule has 0 amide bonds. The molecular formula is C14H16ClN5O2. The molecule has 3 heterocycles. The van der Waals surface area contributed by atoms with Crippen molar-refractivity contribution in [3.63, 3.8) is 0 Å². The van der Waals surface area contributed by atoms with Crippen molar-refractivity contribution < 1.29 is 9.84 Å². The highest BCUT2D eigenvalue weighted by atomic mass is 35.5. The first-order chi connectivity index (χ1) is 10.7. The lowest BCUT2D eigenvalue weighted by molar-refractivity contribution is 0.122. The Hall–Kier alpha value is -1.88. The van der Waals surface area contributed by atoms with E-state index in [1.165, 1.54) is 0 Å². The minimum atomic E-state index is -0.220. The van der Waals surface area contributed by atoms with Gasteiger partial charge in [0, 0.05) is 19.6 Å². The van der Waals surface area contributed by atoms with Crippen molar-refractivity contribution >= 4 is 28.5 Å². The minimum absolute atomic E-state index is 0.185. The van der Waals surface area contributed by atoms with Gasteiger partial charge in [-0.05, 0) is 24.4 Å². The number of ether oxygens (including phenoxy) is 1. The van der Waals surface area contributed by atoms with Gasteiger partial charge >= 0.3 is 0 Å². The molecule has 0 radical (unpaired) electrons. The molecule has 1 saturated heterocycles. The van der Waals surface area contributed by atoms with Crippen LogP contribution in [0.5, 0.6) is 0 Å². The molecule has 116 valence electrons. The fourth-order valence-corrected chi connectivity index (χ4v) is 2.62. The number of nitrogens with zero attached hydrogens (tertiary/aromatic N) is 5. The Kier molecular flexibility index (Phi) is 4.43. The summed E-state index contributed by atoms with van der Waals surface area (Å²) in [7, 11) is 0. The van der Waals surface area contributed by atoms with E-state index >= 15 is 0 Å². The SMILES string of the molecule is CCn1nc(C#CCO)c2c(N3CCOCC3)nc(Cl)nc21. The first-order valence-corrected chi connectivity index (χ1v) is 7.49. The number of morpholine rings is 1. The molecule has 8 heteroatoms. The predicted molar refractivity (Wildman–Crippen MR) is 83.0 cm³/mol. The molecule has 0 atom stereocenters. The number of fused-ring (bicyclic) bond motifs is 1. The predicted octanol–water partition coefficient (Wildman–Crippen LogP) is 0.680. The number of hydrogen-bond donors (Lipinski definition) is 1. The third kappa shape index (κ3) is 2.73. The number of aliphatic hydroxyl groups is 1. The topological polar surface area (TPSA) is 76.3 Å². The van der Waals surface area contributed by atoms with Crippen LogP contribution >= 0.6 is 11.6 Å². The lowest BCUT2D eigenvalue weighted by Crippen LogP contribution is -2.37. The summed E-state index contributed by atoms with van der Waals surface area (Å²) >= 11 is 6.09. The third-order valence-corrected chi connectivity index (χ3v) is 3.61. The van der Waals surface area contributed by atoms with Crippen LogP contribution in [0.3, 0.4) is 0 Å². The maximum Gasteiger partial charge on any atom is 0.226 e. The number of hydrogen-bond acceptors (Lipinski definition) is 6. The van der Waals surface area contributed by atoms with Gasteiger partial charge in [-0.3, -0.25) is 0 Å². The van der Waals surface area contributed by atoms with Crippen molar-refractivity contribution in [3.05, 3.63) is 11.0 Å². The molecule has 22 heavy (non-hydrogen) atoms. The van der Waals surface area contributed by atoms with E-state index in [1.807, 2.05) is 6.92 Å². The highest BCUT2D eigenvalue weighted by Gasteiger charge is 2.22. The van der Waals surface area contributed by atoms with Crippen LogP contribution < -0.4 is 4.90 Å². The summed E-state index contributed by atoms with van der Waals surface area (Å²) in [4.78, 5) is 10.8. The summed E-state index contributed by atoms with van der Waals surface area (Å²) in [6.07, 6.45) is 0. The van der Waals surface area contributed by atoms with Gasteiger partial charge in [0.15, 0.2) is 5.65 Å². The lowest BCUT2D eigenvalue weighted by atomic mass is 10.2. The highest BCUT2D eigenvalue weighted by Crippen LogP contribution is 2.28. The van der Waals surface area contributed by atoms with Gasteiger partial charge in [0.05, 0.1) is 18.6 Å². The van der Waals surface area contributed by atoms with Crippen LogP contribution in [-0.2, 0) is 11.3 Å². The van der Waals surface area contributed by atoms with E-state index in [0.29, 0.717) is 31.1 Å². The van der Waals surface area contributed by atoms with Gasteiger partial charge in [0.2, 0.25) is 5.28 Å². The molecular weight excluding hydrogens is 306 g/mol. The van der Waals surface area contributed by atoms with Crippen LogP contribution in [0.1, 0.15) is 12.6 Å². The summed E-state index contributed by atoms with van der Waals surface area (Å²) < 4.78 is 7.13. The van der Waals surface area contributed by atoms with Crippen LogP contribution in [0.2, 0.25) is 5.28 Å². The Morgan fingerprint density at radius 1 is 1.32 bits per heavy atom. The van der Waals surface area contributed by atoms with Crippen LogP contribution in [0.4, 0.5) is 5.82 Å². The zero-order valence-corrected chi connectivity index (χ0v) is 13.0. The van der Waals surface area contributed by atoms with Gasteiger partial charge in [-0.2, -0.15) is 15.1 Å². The Morgan fingerprint density at radius 2 is 2.09 bits per heavy atom. The Balaban J connectivity index is 2.22. The summed E-state index contributed by atoms with van der Waals surface area (Å²) in [5, 5.41) is 14.4. The number of aromatic nitrogens is 4. The summed E-state index contributed by atoms with van der Waals surface area (Å²) in [6, 6.07) is 0. The molecule has 2 aromatic rings. The van der Waals surface area contributed by atoms with Gasteiger partial charge < -0.3 is 14.7 Å². The molecule has 0 aliphatic carbocycles. The maximum absolute atomic E-state index is 8.94. The van der Waals surface area contributed by atoms with Crippen molar-refractivity contribution in [3.8, 4) is 11.8 Å². The van der Waals surface area contributed by atoms with E-state index in [-0.39, 0.29) is 11.9 Å². The Labute approximate surface area is 132 Å². The first-order valence-electron chi connectivity index (χ1n) is 7.11. The monoisotopic (exact) mass is 321 g/mol. The van der Waals surface area contributed by atoms with E-state index in [1.54, 1.807) is 4.68 Å². The molecule has 7 nitrogen and oxygen atoms in total. The van der Waals surface area contributed by atoms with E-state index in [2.05, 4.69) is 31.8 Å².